The lowest BCUT2D eigenvalue weighted by atomic mass is 9.75. The second kappa shape index (κ2) is 4.81. The van der Waals surface area contributed by atoms with E-state index in [1.807, 2.05) is 0 Å². The molecule has 0 amide bonds. The molecule has 0 heterocycles. The van der Waals surface area contributed by atoms with E-state index in [-0.39, 0.29) is 0 Å². The molecule has 15 heavy (non-hydrogen) atoms. The molecule has 0 bridgehead atoms. The highest BCUT2D eigenvalue weighted by atomic mass is 16.5. The third-order valence-electron chi connectivity index (χ3n) is 4.10. The second-order valence-electron chi connectivity index (χ2n) is 5.22. The minimum atomic E-state index is 0.308. The number of rotatable bonds is 7. The molecule has 0 spiro atoms. The Bertz CT molecular complexity index is 194. The van der Waals surface area contributed by atoms with Gasteiger partial charge in [-0.25, -0.2) is 0 Å². The molecule has 0 atom stereocenters. The van der Waals surface area contributed by atoms with Crippen LogP contribution in [0, 0.1) is 5.92 Å². The van der Waals surface area contributed by atoms with Crippen molar-refractivity contribution in [1.29, 1.82) is 0 Å². The van der Waals surface area contributed by atoms with Crippen LogP contribution in [0.15, 0.2) is 0 Å². The average molecular weight is 212 g/mol. The van der Waals surface area contributed by atoms with Crippen molar-refractivity contribution in [3.63, 3.8) is 0 Å². The maximum atomic E-state index is 5.85. The Morgan fingerprint density at radius 1 is 1.40 bits per heavy atom. The van der Waals surface area contributed by atoms with Crippen LogP contribution in [0.4, 0.5) is 0 Å². The summed E-state index contributed by atoms with van der Waals surface area (Å²) in [6, 6.07) is 0. The van der Waals surface area contributed by atoms with Gasteiger partial charge in [-0.1, -0.05) is 0 Å². The van der Waals surface area contributed by atoms with E-state index in [4.69, 9.17) is 10.5 Å². The van der Waals surface area contributed by atoms with Gasteiger partial charge in [-0.05, 0) is 45.1 Å². The highest BCUT2D eigenvalue weighted by molar-refractivity contribution is 4.97. The summed E-state index contributed by atoms with van der Waals surface area (Å²) in [4.78, 5) is 2.41. The van der Waals surface area contributed by atoms with Gasteiger partial charge in [0.1, 0.15) is 0 Å². The summed E-state index contributed by atoms with van der Waals surface area (Å²) >= 11 is 0. The van der Waals surface area contributed by atoms with Gasteiger partial charge in [-0.3, -0.25) is 4.90 Å². The molecular weight excluding hydrogens is 188 g/mol. The fraction of sp³-hybridized carbons (Fsp3) is 1.00. The topological polar surface area (TPSA) is 38.5 Å². The molecule has 0 unspecified atom stereocenters. The SMILES string of the molecule is CN(CCOCC1CC1)C1(CN)CCC1. The molecular formula is C12H24N2O. The van der Waals surface area contributed by atoms with E-state index >= 15 is 0 Å². The van der Waals surface area contributed by atoms with Crippen molar-refractivity contribution >= 4 is 0 Å². The van der Waals surface area contributed by atoms with Gasteiger partial charge in [0.2, 0.25) is 0 Å². The molecule has 2 fully saturated rings. The zero-order valence-corrected chi connectivity index (χ0v) is 9.87. The Hall–Kier alpha value is -0.120. The van der Waals surface area contributed by atoms with Crippen molar-refractivity contribution in [3.05, 3.63) is 0 Å². The quantitative estimate of drug-likeness (QED) is 0.645. The Morgan fingerprint density at radius 2 is 2.13 bits per heavy atom. The normalized spacial score (nSPS) is 24.2. The molecule has 3 heteroatoms. The van der Waals surface area contributed by atoms with Crippen molar-refractivity contribution in [2.75, 3.05) is 33.4 Å². The van der Waals surface area contributed by atoms with Crippen molar-refractivity contribution in [3.8, 4) is 0 Å². The van der Waals surface area contributed by atoms with Crippen LogP contribution in [-0.4, -0.2) is 43.8 Å². The monoisotopic (exact) mass is 212 g/mol. The predicted molar refractivity (Wildman–Crippen MR) is 61.8 cm³/mol. The largest absolute Gasteiger partial charge is 0.380 e. The van der Waals surface area contributed by atoms with Gasteiger partial charge < -0.3 is 10.5 Å². The molecule has 2 aliphatic carbocycles. The van der Waals surface area contributed by atoms with Crippen LogP contribution in [0.1, 0.15) is 32.1 Å². The van der Waals surface area contributed by atoms with E-state index in [9.17, 15) is 0 Å². The van der Waals surface area contributed by atoms with Crippen LogP contribution >= 0.6 is 0 Å². The summed E-state index contributed by atoms with van der Waals surface area (Å²) in [6.07, 6.45) is 6.63. The average Bonchev–Trinajstić information content (AvgIpc) is 2.95. The van der Waals surface area contributed by atoms with Crippen LogP contribution in [0.5, 0.6) is 0 Å². The van der Waals surface area contributed by atoms with E-state index in [0.29, 0.717) is 5.54 Å². The Labute approximate surface area is 93.0 Å². The van der Waals surface area contributed by atoms with Crippen molar-refractivity contribution in [1.82, 2.24) is 4.90 Å². The third kappa shape index (κ3) is 2.71. The van der Waals surface area contributed by atoms with Crippen molar-refractivity contribution < 1.29 is 4.74 Å². The fourth-order valence-corrected chi connectivity index (χ4v) is 2.30. The van der Waals surface area contributed by atoms with Crippen LogP contribution in [-0.2, 0) is 4.74 Å². The lowest BCUT2D eigenvalue weighted by Crippen LogP contribution is -2.57. The van der Waals surface area contributed by atoms with E-state index in [0.717, 1.165) is 32.2 Å². The number of nitrogens with two attached hydrogens (primary N) is 1. The van der Waals surface area contributed by atoms with Gasteiger partial charge in [0.05, 0.1) is 6.61 Å². The molecule has 2 saturated carbocycles. The van der Waals surface area contributed by atoms with Gasteiger partial charge in [0.15, 0.2) is 0 Å². The maximum absolute atomic E-state index is 5.85. The van der Waals surface area contributed by atoms with Crippen LogP contribution in [0.25, 0.3) is 0 Å². The van der Waals surface area contributed by atoms with Crippen molar-refractivity contribution in [2.45, 2.75) is 37.6 Å². The molecule has 0 saturated heterocycles. The first-order valence-corrected chi connectivity index (χ1v) is 6.26. The van der Waals surface area contributed by atoms with Crippen LogP contribution < -0.4 is 5.73 Å². The smallest absolute Gasteiger partial charge is 0.0593 e. The lowest BCUT2D eigenvalue weighted by molar-refractivity contribution is 0.0160. The minimum Gasteiger partial charge on any atom is -0.380 e. The third-order valence-corrected chi connectivity index (χ3v) is 4.10. The maximum Gasteiger partial charge on any atom is 0.0593 e. The first kappa shape index (κ1) is 11.4. The number of hydrogen-bond donors (Lipinski definition) is 1. The van der Waals surface area contributed by atoms with Gasteiger partial charge in [0.25, 0.3) is 0 Å². The summed E-state index contributed by atoms with van der Waals surface area (Å²) in [5.74, 6) is 0.877. The summed E-state index contributed by atoms with van der Waals surface area (Å²) in [7, 11) is 2.19. The van der Waals surface area contributed by atoms with Gasteiger partial charge in [-0.2, -0.15) is 0 Å². The summed E-state index contributed by atoms with van der Waals surface area (Å²) in [6.45, 7) is 3.67. The Kier molecular flexibility index (Phi) is 3.65. The zero-order valence-electron chi connectivity index (χ0n) is 9.87. The first-order valence-electron chi connectivity index (χ1n) is 6.26. The molecule has 2 rings (SSSR count). The minimum absolute atomic E-state index is 0.308. The molecule has 2 aliphatic rings. The molecule has 88 valence electrons. The van der Waals surface area contributed by atoms with Crippen LogP contribution in [0.2, 0.25) is 0 Å². The van der Waals surface area contributed by atoms with E-state index in [1.54, 1.807) is 0 Å². The Balaban J connectivity index is 1.60. The van der Waals surface area contributed by atoms with E-state index < -0.39 is 0 Å². The molecule has 0 aromatic carbocycles. The van der Waals surface area contributed by atoms with Crippen molar-refractivity contribution in [2.24, 2.45) is 11.7 Å². The standard InChI is InChI=1S/C12H24N2O/c1-14(12(10-13)5-2-6-12)7-8-15-9-11-3-4-11/h11H,2-10,13H2,1H3. The highest BCUT2D eigenvalue weighted by Crippen LogP contribution is 2.35. The summed E-state index contributed by atoms with van der Waals surface area (Å²) in [5, 5.41) is 0. The number of likely N-dealkylation sites (N-methyl/N-ethyl adjacent to an activating group) is 1. The van der Waals surface area contributed by atoms with Crippen LogP contribution in [0.3, 0.4) is 0 Å². The number of hydrogen-bond acceptors (Lipinski definition) is 3. The number of nitrogens with zero attached hydrogens (tertiary/aromatic N) is 1. The molecule has 0 radical (unpaired) electrons. The number of ether oxygens (including phenoxy) is 1. The van der Waals surface area contributed by atoms with E-state index in [1.165, 1.54) is 32.1 Å². The summed E-state index contributed by atoms with van der Waals surface area (Å²) < 4.78 is 5.65. The second-order valence-corrected chi connectivity index (χ2v) is 5.22. The highest BCUT2D eigenvalue weighted by Gasteiger charge is 2.38. The van der Waals surface area contributed by atoms with Gasteiger partial charge in [-0.15, -0.1) is 0 Å². The predicted octanol–water partition coefficient (Wildman–Crippen LogP) is 1.23. The summed E-state index contributed by atoms with van der Waals surface area (Å²) in [5.41, 5.74) is 6.16. The fourth-order valence-electron chi connectivity index (χ4n) is 2.30. The van der Waals surface area contributed by atoms with Gasteiger partial charge >= 0.3 is 0 Å². The van der Waals surface area contributed by atoms with E-state index in [2.05, 4.69) is 11.9 Å². The lowest BCUT2D eigenvalue weighted by Gasteiger charge is -2.48. The van der Waals surface area contributed by atoms with Gasteiger partial charge in [0, 0.05) is 25.2 Å². The first-order chi connectivity index (χ1) is 7.27. The zero-order chi connectivity index (χ0) is 10.7. The molecule has 3 nitrogen and oxygen atoms in total. The molecule has 0 aliphatic heterocycles. The Morgan fingerprint density at radius 3 is 2.60 bits per heavy atom. The molecule has 2 N–H and O–H groups in total. The molecule has 0 aromatic heterocycles. The molecule has 0 aromatic rings.